The maximum absolute atomic E-state index is 10.7. The van der Waals surface area contributed by atoms with Crippen LogP contribution in [0.4, 0.5) is 0 Å². The van der Waals surface area contributed by atoms with Gasteiger partial charge in [0.15, 0.2) is 24.8 Å². The van der Waals surface area contributed by atoms with Crippen molar-refractivity contribution in [3.63, 3.8) is 0 Å². The fourth-order valence-electron chi connectivity index (χ4n) is 2.96. The number of carboxylic acid groups (broad SMARTS) is 1. The molecule has 2 heterocycles. The molecule has 40 heavy (non-hydrogen) atoms. The lowest BCUT2D eigenvalue weighted by atomic mass is 10.1. The van der Waals surface area contributed by atoms with E-state index in [-0.39, 0.29) is 12.4 Å². The molecule has 0 aromatic carbocycles. The maximum atomic E-state index is 10.7. The van der Waals surface area contributed by atoms with Gasteiger partial charge in [-0.25, -0.2) is 9.36 Å². The molecule has 0 saturated heterocycles. The Morgan fingerprint density at radius 3 is 1.70 bits per heavy atom. The SMILES string of the molecule is CC(C)/C=C/c1cc[n+](CCCCCC(=O)O)cc1.CC(C)/C=C/c1cc[n+]([O-])cc1.COC(=O)/C=C/C(C)C. The van der Waals surface area contributed by atoms with E-state index in [1.54, 1.807) is 18.2 Å². The molecule has 0 amide bonds. The van der Waals surface area contributed by atoms with Gasteiger partial charge in [0, 0.05) is 43.2 Å². The van der Waals surface area contributed by atoms with Crippen molar-refractivity contribution in [1.82, 2.24) is 0 Å². The van der Waals surface area contributed by atoms with E-state index in [4.69, 9.17) is 5.11 Å². The van der Waals surface area contributed by atoms with Crippen LogP contribution in [0.1, 0.15) is 78.4 Å². The van der Waals surface area contributed by atoms with Gasteiger partial charge in [-0.2, -0.15) is 4.73 Å². The number of allylic oxidation sites excluding steroid dienone is 3. The van der Waals surface area contributed by atoms with Crippen molar-refractivity contribution in [2.75, 3.05) is 7.11 Å². The molecule has 2 aromatic rings. The van der Waals surface area contributed by atoms with Crippen LogP contribution < -0.4 is 9.30 Å². The molecule has 2 rings (SSSR count). The predicted octanol–water partition coefficient (Wildman–Crippen LogP) is 6.65. The second kappa shape index (κ2) is 22.1. The first-order chi connectivity index (χ1) is 18.9. The first kappa shape index (κ1) is 36.3. The molecule has 2 aromatic heterocycles. The summed E-state index contributed by atoms with van der Waals surface area (Å²) in [5.41, 5.74) is 2.28. The number of carbonyl (C=O) groups is 2. The lowest BCUT2D eigenvalue weighted by molar-refractivity contribution is -0.697. The molecule has 0 aliphatic heterocycles. The third-order valence-corrected chi connectivity index (χ3v) is 5.22. The van der Waals surface area contributed by atoms with E-state index in [2.05, 4.69) is 79.8 Å². The predicted molar refractivity (Wildman–Crippen MR) is 162 cm³/mol. The molecule has 0 radical (unpaired) electrons. The Balaban J connectivity index is 0.000000621. The van der Waals surface area contributed by atoms with Crippen LogP contribution in [0.3, 0.4) is 0 Å². The van der Waals surface area contributed by atoms with E-state index < -0.39 is 5.97 Å². The van der Waals surface area contributed by atoms with Gasteiger partial charge in [0.05, 0.1) is 7.11 Å². The quantitative estimate of drug-likeness (QED) is 0.104. The molecule has 0 atom stereocenters. The van der Waals surface area contributed by atoms with Crippen molar-refractivity contribution >= 4 is 24.1 Å². The number of aliphatic carboxylic acids is 1. The highest BCUT2D eigenvalue weighted by Crippen LogP contribution is 2.04. The lowest BCUT2D eigenvalue weighted by Gasteiger charge is -1.98. The zero-order chi connectivity index (χ0) is 30.3. The highest BCUT2D eigenvalue weighted by atomic mass is 16.5. The van der Waals surface area contributed by atoms with Crippen LogP contribution in [0, 0.1) is 23.0 Å². The van der Waals surface area contributed by atoms with E-state index in [9.17, 15) is 14.8 Å². The molecule has 7 nitrogen and oxygen atoms in total. The summed E-state index contributed by atoms with van der Waals surface area (Å²) < 4.78 is 7.31. The van der Waals surface area contributed by atoms with Crippen molar-refractivity contribution in [3.05, 3.63) is 89.7 Å². The summed E-state index contributed by atoms with van der Waals surface area (Å²) in [4.78, 5) is 20.8. The number of rotatable bonds is 12. The summed E-state index contributed by atoms with van der Waals surface area (Å²) in [5, 5.41) is 19.2. The number of aryl methyl sites for hydroxylation is 1. The van der Waals surface area contributed by atoms with Gasteiger partial charge < -0.3 is 15.1 Å². The van der Waals surface area contributed by atoms with Gasteiger partial charge in [-0.1, -0.05) is 71.9 Å². The van der Waals surface area contributed by atoms with Gasteiger partial charge in [0.1, 0.15) is 6.54 Å². The number of nitrogens with zero attached hydrogens (tertiary/aromatic N) is 2. The summed E-state index contributed by atoms with van der Waals surface area (Å²) >= 11 is 0. The smallest absolute Gasteiger partial charge is 0.330 e. The van der Waals surface area contributed by atoms with Gasteiger partial charge >= 0.3 is 11.9 Å². The standard InChI is InChI=1S/C16H23NO2.C10H13NO.C7H12O2/c1-14(2)7-8-15-9-12-17(13-10-15)11-5-3-4-6-16(18)19;1-9(2)3-4-10-5-7-11(12)8-6-10;1-6(2)4-5-7(8)9-3/h7-10,12-14H,3-6,11H2,1-2H3;3-9H,1-2H3;4-6H,1-3H3/p+1/b8-7+;4-3+;5-4+. The number of hydrogen-bond donors (Lipinski definition) is 1. The van der Waals surface area contributed by atoms with Gasteiger partial charge in [0.25, 0.3) is 0 Å². The molecule has 0 saturated carbocycles. The number of carbonyl (C=O) groups excluding carboxylic acids is 1. The van der Waals surface area contributed by atoms with Crippen LogP contribution in [-0.4, -0.2) is 24.2 Å². The van der Waals surface area contributed by atoms with Crippen LogP contribution >= 0.6 is 0 Å². The summed E-state index contributed by atoms with van der Waals surface area (Å²) in [5.74, 6) is 0.535. The van der Waals surface area contributed by atoms with Crippen LogP contribution in [0.2, 0.25) is 0 Å². The highest BCUT2D eigenvalue weighted by molar-refractivity contribution is 5.81. The van der Waals surface area contributed by atoms with Crippen LogP contribution in [0.5, 0.6) is 0 Å². The molecule has 0 aliphatic rings. The van der Waals surface area contributed by atoms with E-state index >= 15 is 0 Å². The minimum atomic E-state index is -0.700. The first-order valence-corrected chi connectivity index (χ1v) is 13.9. The number of carboxylic acids is 1. The van der Waals surface area contributed by atoms with Crippen LogP contribution in [-0.2, 0) is 20.9 Å². The van der Waals surface area contributed by atoms with Crippen LogP contribution in [0.15, 0.2) is 73.4 Å². The Kier molecular flexibility index (Phi) is 20.0. The normalized spacial score (nSPS) is 11.2. The van der Waals surface area contributed by atoms with Gasteiger partial charge in [-0.15, -0.1) is 0 Å². The second-order valence-corrected chi connectivity index (χ2v) is 10.4. The number of methoxy groups -OCH3 is 1. The Bertz CT molecular complexity index is 1040. The lowest BCUT2D eigenvalue weighted by Crippen LogP contribution is -2.32. The largest absolute Gasteiger partial charge is 0.619 e. The van der Waals surface area contributed by atoms with E-state index in [0.717, 1.165) is 36.1 Å². The van der Waals surface area contributed by atoms with Crippen molar-refractivity contribution in [3.8, 4) is 0 Å². The molecule has 0 aliphatic carbocycles. The maximum Gasteiger partial charge on any atom is 0.330 e. The van der Waals surface area contributed by atoms with Crippen molar-refractivity contribution in [1.29, 1.82) is 0 Å². The molecule has 220 valence electrons. The molecule has 0 spiro atoms. The van der Waals surface area contributed by atoms with Crippen molar-refractivity contribution < 1.29 is 28.7 Å². The van der Waals surface area contributed by atoms with Crippen molar-refractivity contribution in [2.45, 2.75) is 73.8 Å². The summed E-state index contributed by atoms with van der Waals surface area (Å²) in [7, 11) is 1.37. The zero-order valence-corrected chi connectivity index (χ0v) is 25.3. The number of ether oxygens (including phenoxy) is 1. The van der Waals surface area contributed by atoms with E-state index in [1.165, 1.54) is 31.1 Å². The fraction of sp³-hybridized carbons (Fsp3) is 0.455. The third-order valence-electron chi connectivity index (χ3n) is 5.22. The number of hydrogen-bond acceptors (Lipinski definition) is 4. The highest BCUT2D eigenvalue weighted by Gasteiger charge is 2.01. The third kappa shape index (κ3) is 22.3. The number of unbranched alkanes of at least 4 members (excludes halogenated alkanes) is 2. The minimum Gasteiger partial charge on any atom is -0.619 e. The number of pyridine rings is 2. The minimum absolute atomic E-state index is 0.281. The average molecular weight is 554 g/mol. The molecule has 1 N–H and O–H groups in total. The first-order valence-electron chi connectivity index (χ1n) is 13.9. The van der Waals surface area contributed by atoms with Gasteiger partial charge in [-0.05, 0) is 41.7 Å². The molecular weight excluding hydrogens is 504 g/mol. The van der Waals surface area contributed by atoms with E-state index in [0.29, 0.717) is 17.8 Å². The Morgan fingerprint density at radius 1 is 0.800 bits per heavy atom. The van der Waals surface area contributed by atoms with E-state index in [1.807, 2.05) is 19.9 Å². The van der Waals surface area contributed by atoms with Gasteiger partial charge in [0.2, 0.25) is 0 Å². The summed E-state index contributed by atoms with van der Waals surface area (Å²) in [6.07, 6.45) is 21.9. The summed E-state index contributed by atoms with van der Waals surface area (Å²) in [6.45, 7) is 13.5. The number of aromatic nitrogens is 2. The number of esters is 1. The second-order valence-electron chi connectivity index (χ2n) is 10.4. The topological polar surface area (TPSA) is 94.4 Å². The monoisotopic (exact) mass is 553 g/mol. The fourth-order valence-corrected chi connectivity index (χ4v) is 2.96. The Hall–Kier alpha value is -3.74. The van der Waals surface area contributed by atoms with Gasteiger partial charge in [-0.3, -0.25) is 4.79 Å². The summed E-state index contributed by atoms with van der Waals surface area (Å²) in [6, 6.07) is 7.81. The average Bonchev–Trinajstić information content (AvgIpc) is 2.91. The Morgan fingerprint density at radius 2 is 1.27 bits per heavy atom. The van der Waals surface area contributed by atoms with Crippen LogP contribution in [0.25, 0.3) is 12.2 Å². The zero-order valence-electron chi connectivity index (χ0n) is 25.3. The Labute approximate surface area is 241 Å². The molecule has 0 fully saturated rings. The molecule has 0 bridgehead atoms. The molecule has 0 unspecified atom stereocenters. The molecular formula is C33H49N2O5+. The molecule has 7 heteroatoms. The van der Waals surface area contributed by atoms with Crippen molar-refractivity contribution in [2.24, 2.45) is 17.8 Å².